The average molecular weight is 312 g/mol. The lowest BCUT2D eigenvalue weighted by Gasteiger charge is -2.28. The summed E-state index contributed by atoms with van der Waals surface area (Å²) in [4.78, 5) is 12.9. The van der Waals surface area contributed by atoms with Gasteiger partial charge in [0.15, 0.2) is 8.07 Å². The number of aryl methyl sites for hydroxylation is 1. The van der Waals surface area contributed by atoms with Crippen molar-refractivity contribution in [3.8, 4) is 0 Å². The van der Waals surface area contributed by atoms with E-state index in [1.54, 1.807) is 0 Å². The molecule has 0 saturated carbocycles. The van der Waals surface area contributed by atoms with Gasteiger partial charge in [0.25, 0.3) is 0 Å². The van der Waals surface area contributed by atoms with Gasteiger partial charge >= 0.3 is 0 Å². The highest BCUT2D eigenvalue weighted by Crippen LogP contribution is 2.26. The first-order valence-corrected chi connectivity index (χ1v) is 10.7. The number of carbonyl (C=O) groups excluding carboxylic acids is 1. The van der Waals surface area contributed by atoms with E-state index >= 15 is 0 Å². The monoisotopic (exact) mass is 312 g/mol. The number of aliphatic hydroxyl groups is 1. The van der Waals surface area contributed by atoms with Gasteiger partial charge in [0, 0.05) is 5.92 Å². The normalized spacial score (nSPS) is 14.4. The smallest absolute Gasteiger partial charge is 0.157 e. The fourth-order valence-electron chi connectivity index (χ4n) is 2.76. The molecule has 22 heavy (non-hydrogen) atoms. The molecular weight excluding hydrogens is 288 g/mol. The molecular formula is C19H24O2Si. The molecule has 2 aromatic rings. The van der Waals surface area contributed by atoms with Gasteiger partial charge in [0.05, 0.1) is 6.10 Å². The second-order valence-corrected chi connectivity index (χ2v) is 10.8. The zero-order chi connectivity index (χ0) is 16.3. The third kappa shape index (κ3) is 3.37. The molecule has 0 fully saturated rings. The van der Waals surface area contributed by atoms with Crippen molar-refractivity contribution in [1.29, 1.82) is 0 Å². The van der Waals surface area contributed by atoms with Crippen LogP contribution in [0.2, 0.25) is 13.1 Å². The molecule has 0 spiro atoms. The van der Waals surface area contributed by atoms with Crippen LogP contribution in [0.25, 0.3) is 0 Å². The summed E-state index contributed by atoms with van der Waals surface area (Å²) in [6.07, 6.45) is -0.747. The van der Waals surface area contributed by atoms with Gasteiger partial charge in [-0.25, -0.2) is 0 Å². The second kappa shape index (κ2) is 6.59. The van der Waals surface area contributed by atoms with Crippen molar-refractivity contribution in [1.82, 2.24) is 0 Å². The van der Waals surface area contributed by atoms with E-state index in [4.69, 9.17) is 0 Å². The van der Waals surface area contributed by atoms with Crippen molar-refractivity contribution in [2.24, 2.45) is 5.92 Å². The second-order valence-electron chi connectivity index (χ2n) is 6.50. The van der Waals surface area contributed by atoms with E-state index in [1.165, 1.54) is 0 Å². The summed E-state index contributed by atoms with van der Waals surface area (Å²) in [6, 6.07) is 17.7. The van der Waals surface area contributed by atoms with E-state index in [-0.39, 0.29) is 5.41 Å². The Bertz CT molecular complexity index is 632. The van der Waals surface area contributed by atoms with Crippen LogP contribution in [0.15, 0.2) is 54.6 Å². The van der Waals surface area contributed by atoms with Crippen LogP contribution in [-0.2, 0) is 4.79 Å². The van der Waals surface area contributed by atoms with Crippen molar-refractivity contribution in [2.75, 3.05) is 0 Å². The molecule has 0 unspecified atom stereocenters. The van der Waals surface area contributed by atoms with Crippen LogP contribution in [0, 0.1) is 12.8 Å². The first-order valence-electron chi connectivity index (χ1n) is 7.68. The molecule has 2 atom stereocenters. The maximum absolute atomic E-state index is 12.9. The van der Waals surface area contributed by atoms with Crippen molar-refractivity contribution in [3.63, 3.8) is 0 Å². The van der Waals surface area contributed by atoms with E-state index in [9.17, 15) is 9.90 Å². The summed E-state index contributed by atoms with van der Waals surface area (Å²) in [5.74, 6) is -0.399. The molecule has 0 aromatic heterocycles. The highest BCUT2D eigenvalue weighted by molar-refractivity contribution is 7.13. The Morgan fingerprint density at radius 2 is 1.55 bits per heavy atom. The van der Waals surface area contributed by atoms with Gasteiger partial charge < -0.3 is 9.90 Å². The topological polar surface area (TPSA) is 37.3 Å². The summed E-state index contributed by atoms with van der Waals surface area (Å²) in [5, 5.41) is 11.9. The van der Waals surface area contributed by atoms with E-state index in [0.717, 1.165) is 16.3 Å². The van der Waals surface area contributed by atoms with Crippen LogP contribution < -0.4 is 5.19 Å². The lowest BCUT2D eigenvalue weighted by atomic mass is 9.98. The molecule has 0 bridgehead atoms. The van der Waals surface area contributed by atoms with Crippen molar-refractivity contribution >= 4 is 18.7 Å². The third-order valence-electron chi connectivity index (χ3n) is 4.42. The van der Waals surface area contributed by atoms with E-state index in [0.29, 0.717) is 0 Å². The van der Waals surface area contributed by atoms with Crippen LogP contribution in [-0.4, -0.2) is 18.6 Å². The molecule has 0 saturated heterocycles. The first-order chi connectivity index (χ1) is 10.3. The van der Waals surface area contributed by atoms with Gasteiger partial charge in [-0.2, -0.15) is 0 Å². The Balaban J connectivity index is 2.22. The Labute approximate surface area is 133 Å². The molecule has 0 radical (unpaired) electrons. The SMILES string of the molecule is Cc1ccc([C@H](O)[C@@H](C)C(=O)[Si](C)(C)c2ccccc2)cc1. The van der Waals surface area contributed by atoms with E-state index < -0.39 is 20.1 Å². The number of hydrogen-bond donors (Lipinski definition) is 1. The molecule has 2 nitrogen and oxygen atoms in total. The molecule has 0 amide bonds. The minimum atomic E-state index is -2.25. The number of benzene rings is 2. The van der Waals surface area contributed by atoms with Gasteiger partial charge in [0.2, 0.25) is 0 Å². The molecule has 0 aliphatic rings. The Kier molecular flexibility index (Phi) is 4.99. The summed E-state index contributed by atoms with van der Waals surface area (Å²) in [6.45, 7) is 7.97. The molecule has 1 N–H and O–H groups in total. The van der Waals surface area contributed by atoms with Gasteiger partial charge in [-0.15, -0.1) is 0 Å². The van der Waals surface area contributed by atoms with Gasteiger partial charge in [0.1, 0.15) is 5.41 Å². The lowest BCUT2D eigenvalue weighted by molar-refractivity contribution is -0.118. The molecule has 0 aliphatic heterocycles. The molecule has 2 aromatic carbocycles. The summed E-state index contributed by atoms with van der Waals surface area (Å²) in [5.41, 5.74) is 1.96. The summed E-state index contributed by atoms with van der Waals surface area (Å²) < 4.78 is 0. The minimum Gasteiger partial charge on any atom is -0.388 e. The number of rotatable bonds is 5. The van der Waals surface area contributed by atoms with Crippen LogP contribution in [0.5, 0.6) is 0 Å². The molecule has 0 aliphatic carbocycles. The summed E-state index contributed by atoms with van der Waals surface area (Å²) in [7, 11) is -2.25. The number of hydrogen-bond acceptors (Lipinski definition) is 2. The quantitative estimate of drug-likeness (QED) is 0.859. The first kappa shape index (κ1) is 16.7. The van der Waals surface area contributed by atoms with Crippen LogP contribution in [0.1, 0.15) is 24.2 Å². The largest absolute Gasteiger partial charge is 0.388 e. The Hall–Kier alpha value is -1.71. The van der Waals surface area contributed by atoms with E-state index in [1.807, 2.05) is 68.4 Å². The number of aliphatic hydroxyl groups excluding tert-OH is 1. The highest BCUT2D eigenvalue weighted by Gasteiger charge is 2.38. The van der Waals surface area contributed by atoms with Crippen molar-refractivity contribution in [3.05, 3.63) is 65.7 Å². The molecule has 2 rings (SSSR count). The Morgan fingerprint density at radius 3 is 2.09 bits per heavy atom. The lowest BCUT2D eigenvalue weighted by Crippen LogP contribution is -2.53. The zero-order valence-corrected chi connectivity index (χ0v) is 14.7. The fraction of sp³-hybridized carbons (Fsp3) is 0.316. The maximum atomic E-state index is 12.9. The van der Waals surface area contributed by atoms with Crippen molar-refractivity contribution in [2.45, 2.75) is 33.0 Å². The third-order valence-corrected chi connectivity index (χ3v) is 7.88. The van der Waals surface area contributed by atoms with Crippen LogP contribution in [0.3, 0.4) is 0 Å². The minimum absolute atomic E-state index is 0.187. The van der Waals surface area contributed by atoms with Crippen LogP contribution in [0.4, 0.5) is 0 Å². The van der Waals surface area contributed by atoms with Gasteiger partial charge in [-0.1, -0.05) is 85.4 Å². The highest BCUT2D eigenvalue weighted by atomic mass is 28.3. The molecule has 0 heterocycles. The maximum Gasteiger partial charge on any atom is 0.157 e. The van der Waals surface area contributed by atoms with Crippen LogP contribution >= 0.6 is 0 Å². The zero-order valence-electron chi connectivity index (χ0n) is 13.7. The summed E-state index contributed by atoms with van der Waals surface area (Å²) >= 11 is 0. The van der Waals surface area contributed by atoms with Gasteiger partial charge in [-0.3, -0.25) is 0 Å². The van der Waals surface area contributed by atoms with Gasteiger partial charge in [-0.05, 0) is 12.5 Å². The number of carbonyl (C=O) groups is 1. The van der Waals surface area contributed by atoms with E-state index in [2.05, 4.69) is 13.1 Å². The van der Waals surface area contributed by atoms with Crippen molar-refractivity contribution < 1.29 is 9.90 Å². The fourth-order valence-corrected chi connectivity index (χ4v) is 5.37. The average Bonchev–Trinajstić information content (AvgIpc) is 2.54. The Morgan fingerprint density at radius 1 is 1.00 bits per heavy atom. The predicted octanol–water partition coefficient (Wildman–Crippen LogP) is 3.39. The predicted molar refractivity (Wildman–Crippen MR) is 93.9 cm³/mol. The standard InChI is InChI=1S/C19H24O2Si/c1-14-10-12-16(13-11-14)18(20)15(2)19(21)22(3,4)17-8-6-5-7-9-17/h5-13,15,18,20H,1-4H3/t15-,18-/m1/s1. The molecule has 3 heteroatoms. The molecule has 116 valence electrons.